The number of hydrogen-bond donors (Lipinski definition) is 0. The topological polar surface area (TPSA) is 81.2 Å². The van der Waals surface area contributed by atoms with Crippen molar-refractivity contribution in [3.8, 4) is 0 Å². The van der Waals surface area contributed by atoms with Crippen molar-refractivity contribution >= 4 is 27.6 Å². The van der Waals surface area contributed by atoms with Gasteiger partial charge in [0.2, 0.25) is 5.91 Å². The van der Waals surface area contributed by atoms with Crippen LogP contribution in [-0.2, 0) is 14.8 Å². The van der Waals surface area contributed by atoms with Crippen LogP contribution in [0.15, 0.2) is 53.4 Å². The number of sulfonamides is 1. The van der Waals surface area contributed by atoms with Crippen molar-refractivity contribution in [2.75, 3.05) is 44.2 Å². The maximum Gasteiger partial charge on any atom is 0.334 e. The lowest BCUT2D eigenvalue weighted by Gasteiger charge is -2.38. The Morgan fingerprint density at radius 2 is 1.67 bits per heavy atom. The monoisotopic (exact) mass is 470 g/mol. The molecule has 2 fully saturated rings. The quantitative estimate of drug-likeness (QED) is 0.671. The number of aryl methyl sites for hydroxylation is 2. The van der Waals surface area contributed by atoms with Gasteiger partial charge in [-0.1, -0.05) is 30.3 Å². The fourth-order valence-electron chi connectivity index (χ4n) is 4.54. The van der Waals surface area contributed by atoms with Crippen molar-refractivity contribution < 1.29 is 18.0 Å². The molecule has 2 saturated heterocycles. The molecule has 33 heavy (non-hydrogen) atoms. The summed E-state index contributed by atoms with van der Waals surface area (Å²) in [5, 5.41) is 0. The van der Waals surface area contributed by atoms with Crippen molar-refractivity contribution in [2.24, 2.45) is 0 Å². The first-order valence-corrected chi connectivity index (χ1v) is 12.7. The maximum atomic E-state index is 13.4. The normalized spacial score (nSPS) is 19.4. The smallest absolute Gasteiger partial charge is 0.334 e. The summed E-state index contributed by atoms with van der Waals surface area (Å²) in [6.07, 6.45) is 0. The molecule has 2 aromatic rings. The summed E-state index contributed by atoms with van der Waals surface area (Å²) >= 11 is 0. The second-order valence-electron chi connectivity index (χ2n) is 8.54. The van der Waals surface area contributed by atoms with E-state index in [0.29, 0.717) is 26.2 Å². The van der Waals surface area contributed by atoms with Crippen molar-refractivity contribution in [3.63, 3.8) is 0 Å². The molecular weight excluding hydrogens is 440 g/mol. The van der Waals surface area contributed by atoms with Crippen LogP contribution in [0.25, 0.3) is 0 Å². The van der Waals surface area contributed by atoms with Crippen LogP contribution in [0, 0.1) is 13.8 Å². The lowest BCUT2D eigenvalue weighted by atomic mass is 10.1. The van der Waals surface area contributed by atoms with Crippen molar-refractivity contribution in [1.82, 2.24) is 14.1 Å². The molecule has 0 aliphatic carbocycles. The van der Waals surface area contributed by atoms with E-state index in [9.17, 15) is 18.0 Å². The predicted octanol–water partition coefficient (Wildman–Crippen LogP) is 2.47. The number of rotatable bonds is 5. The zero-order chi connectivity index (χ0) is 23.8. The molecule has 2 heterocycles. The number of anilines is 1. The van der Waals surface area contributed by atoms with Crippen molar-refractivity contribution in [1.29, 1.82) is 0 Å². The third-order valence-corrected chi connectivity index (χ3v) is 8.18. The zero-order valence-electron chi connectivity index (χ0n) is 19.3. The van der Waals surface area contributed by atoms with Gasteiger partial charge in [-0.15, -0.1) is 0 Å². The number of likely N-dealkylation sites (N-methyl/N-ethyl adjacent to an activating group) is 1. The standard InChI is InChI=1S/C24H30N4O4S/c1-4-27-22(17-28(24(27)30)33(31,32)20-8-6-5-7-9-20)23(29)26-14-12-25(13-15-26)21-16-18(2)10-11-19(21)3/h5-11,16,22H,4,12-15,17H2,1-3H3/t22-/m0/s1. The Balaban J connectivity index is 1.48. The Bertz CT molecular complexity index is 1140. The molecule has 0 radical (unpaired) electrons. The van der Waals surface area contributed by atoms with Gasteiger partial charge in [-0.05, 0) is 50.1 Å². The van der Waals surface area contributed by atoms with E-state index >= 15 is 0 Å². The summed E-state index contributed by atoms with van der Waals surface area (Å²) < 4.78 is 26.9. The average Bonchev–Trinajstić information content (AvgIpc) is 3.17. The summed E-state index contributed by atoms with van der Waals surface area (Å²) in [7, 11) is -4.02. The number of nitrogens with zero attached hydrogens (tertiary/aromatic N) is 4. The molecule has 4 rings (SSSR count). The summed E-state index contributed by atoms with van der Waals surface area (Å²) in [5.74, 6) is -0.198. The highest BCUT2D eigenvalue weighted by Gasteiger charge is 2.47. The minimum absolute atomic E-state index is 0.0460. The maximum absolute atomic E-state index is 13.4. The predicted molar refractivity (Wildman–Crippen MR) is 127 cm³/mol. The van der Waals surface area contributed by atoms with E-state index in [1.807, 2.05) is 0 Å². The Morgan fingerprint density at radius 3 is 2.30 bits per heavy atom. The molecule has 8 nitrogen and oxygen atoms in total. The molecule has 0 N–H and O–H groups in total. The number of piperazine rings is 1. The van der Waals surface area contributed by atoms with Gasteiger partial charge in [0.25, 0.3) is 10.0 Å². The number of urea groups is 1. The minimum atomic E-state index is -4.02. The Morgan fingerprint density at radius 1 is 1.00 bits per heavy atom. The largest absolute Gasteiger partial charge is 0.368 e. The second kappa shape index (κ2) is 9.05. The molecule has 0 spiro atoms. The van der Waals surface area contributed by atoms with E-state index in [2.05, 4.69) is 36.9 Å². The van der Waals surface area contributed by atoms with Crippen LogP contribution in [-0.4, -0.2) is 79.8 Å². The Kier molecular flexibility index (Phi) is 6.34. The van der Waals surface area contributed by atoms with Gasteiger partial charge >= 0.3 is 6.03 Å². The summed E-state index contributed by atoms with van der Waals surface area (Å²) in [6, 6.07) is 12.8. The lowest BCUT2D eigenvalue weighted by molar-refractivity contribution is -0.135. The SMILES string of the molecule is CCN1C(=O)N(S(=O)(=O)c2ccccc2)C[C@H]1C(=O)N1CCN(c2cc(C)ccc2C)CC1. The first-order chi connectivity index (χ1) is 15.7. The van der Waals surface area contributed by atoms with Crippen molar-refractivity contribution in [2.45, 2.75) is 31.7 Å². The molecule has 0 bridgehead atoms. The number of hydrogen-bond acceptors (Lipinski definition) is 5. The molecule has 3 amide bonds. The van der Waals surface area contributed by atoms with E-state index < -0.39 is 22.1 Å². The Hall–Kier alpha value is -3.07. The number of amides is 3. The van der Waals surface area contributed by atoms with Crippen LogP contribution in [0.3, 0.4) is 0 Å². The average molecular weight is 471 g/mol. The molecule has 2 aliphatic rings. The van der Waals surface area contributed by atoms with Crippen LogP contribution in [0.1, 0.15) is 18.1 Å². The van der Waals surface area contributed by atoms with Crippen LogP contribution >= 0.6 is 0 Å². The summed E-state index contributed by atoms with van der Waals surface area (Å²) in [6.45, 7) is 8.43. The van der Waals surface area contributed by atoms with Gasteiger partial charge in [0.15, 0.2) is 0 Å². The molecule has 0 unspecified atom stereocenters. The van der Waals surface area contributed by atoms with Crippen LogP contribution in [0.4, 0.5) is 10.5 Å². The molecule has 2 aromatic carbocycles. The van der Waals surface area contributed by atoms with Gasteiger partial charge in [0, 0.05) is 38.4 Å². The molecule has 1 atom stereocenters. The van der Waals surface area contributed by atoms with Crippen molar-refractivity contribution in [3.05, 3.63) is 59.7 Å². The van der Waals surface area contributed by atoms with Crippen LogP contribution in [0.2, 0.25) is 0 Å². The van der Waals surface area contributed by atoms with Gasteiger partial charge in [0.1, 0.15) is 6.04 Å². The van der Waals surface area contributed by atoms with E-state index in [-0.39, 0.29) is 23.9 Å². The van der Waals surface area contributed by atoms with E-state index in [1.54, 1.807) is 30.0 Å². The van der Waals surface area contributed by atoms with E-state index in [0.717, 1.165) is 4.31 Å². The summed E-state index contributed by atoms with van der Waals surface area (Å²) in [5.41, 5.74) is 3.56. The minimum Gasteiger partial charge on any atom is -0.368 e. The molecule has 0 saturated carbocycles. The van der Waals surface area contributed by atoms with Crippen LogP contribution in [0.5, 0.6) is 0 Å². The van der Waals surface area contributed by atoms with Gasteiger partial charge in [-0.2, -0.15) is 0 Å². The summed E-state index contributed by atoms with van der Waals surface area (Å²) in [4.78, 5) is 31.8. The molecular formula is C24H30N4O4S. The molecule has 176 valence electrons. The van der Waals surface area contributed by atoms with E-state index in [4.69, 9.17) is 0 Å². The highest BCUT2D eigenvalue weighted by Crippen LogP contribution is 2.27. The van der Waals surface area contributed by atoms with Gasteiger partial charge < -0.3 is 14.7 Å². The fourth-order valence-corrected chi connectivity index (χ4v) is 5.94. The fraction of sp³-hybridized carbons (Fsp3) is 0.417. The number of benzene rings is 2. The second-order valence-corrected chi connectivity index (χ2v) is 10.4. The lowest BCUT2D eigenvalue weighted by Crippen LogP contribution is -2.54. The zero-order valence-corrected chi connectivity index (χ0v) is 20.1. The van der Waals surface area contributed by atoms with E-state index in [1.165, 1.54) is 33.8 Å². The van der Waals surface area contributed by atoms with Gasteiger partial charge in [-0.25, -0.2) is 17.5 Å². The first-order valence-electron chi connectivity index (χ1n) is 11.2. The highest BCUT2D eigenvalue weighted by molar-refractivity contribution is 7.89. The number of carbonyl (C=O) groups excluding carboxylic acids is 2. The highest BCUT2D eigenvalue weighted by atomic mass is 32.2. The van der Waals surface area contributed by atoms with Gasteiger partial charge in [-0.3, -0.25) is 4.79 Å². The van der Waals surface area contributed by atoms with Crippen LogP contribution < -0.4 is 4.90 Å². The third-order valence-electron chi connectivity index (χ3n) is 6.43. The molecule has 9 heteroatoms. The Labute approximate surface area is 195 Å². The number of carbonyl (C=O) groups is 2. The molecule has 2 aliphatic heterocycles. The van der Waals surface area contributed by atoms with Gasteiger partial charge in [0.05, 0.1) is 11.4 Å². The first kappa shape index (κ1) is 23.1. The third kappa shape index (κ3) is 4.29. The molecule has 0 aromatic heterocycles.